The van der Waals surface area contributed by atoms with Crippen LogP contribution in [0.3, 0.4) is 0 Å². The minimum Gasteiger partial charge on any atom is -0.391 e. The monoisotopic (exact) mass is 324 g/mol. The average Bonchev–Trinajstić information content (AvgIpc) is 3.04. The number of ether oxygens (including phenoxy) is 1. The van der Waals surface area contributed by atoms with Crippen LogP contribution in [0.15, 0.2) is 35.7 Å². The number of carbonyl (C=O) groups excluding carboxylic acids is 1. The van der Waals surface area contributed by atoms with Gasteiger partial charge in [-0.15, -0.1) is 11.3 Å². The Morgan fingerprint density at radius 1 is 1.30 bits per heavy atom. The van der Waals surface area contributed by atoms with Crippen LogP contribution in [0, 0.1) is 13.8 Å². The molecule has 3 aromatic rings. The summed E-state index contributed by atoms with van der Waals surface area (Å²) in [7, 11) is 0. The first-order valence-corrected chi connectivity index (χ1v) is 8.39. The third-order valence-corrected chi connectivity index (χ3v) is 5.14. The van der Waals surface area contributed by atoms with Gasteiger partial charge in [-0.25, -0.2) is 9.78 Å². The van der Waals surface area contributed by atoms with E-state index >= 15 is 0 Å². The molecule has 0 saturated carbocycles. The fourth-order valence-electron chi connectivity index (χ4n) is 2.84. The fourth-order valence-corrected chi connectivity index (χ4v) is 3.56. The van der Waals surface area contributed by atoms with Crippen molar-refractivity contribution in [3.63, 3.8) is 0 Å². The molecule has 5 heteroatoms. The van der Waals surface area contributed by atoms with Gasteiger partial charge in [-0.3, -0.25) is 4.90 Å². The summed E-state index contributed by atoms with van der Waals surface area (Å²) >= 11 is 1.64. The molecular formula is C18H16N2O2S. The molecule has 0 aliphatic carbocycles. The molecule has 4 rings (SSSR count). The van der Waals surface area contributed by atoms with E-state index in [-0.39, 0.29) is 6.09 Å². The Morgan fingerprint density at radius 2 is 2.17 bits per heavy atom. The van der Waals surface area contributed by atoms with Gasteiger partial charge in [0.2, 0.25) is 5.88 Å². The number of fused-ring (bicyclic) bond motifs is 2. The Balaban J connectivity index is 1.73. The molecule has 0 radical (unpaired) electrons. The highest BCUT2D eigenvalue weighted by atomic mass is 32.1. The molecule has 1 amide bonds. The maximum atomic E-state index is 12.2. The van der Waals surface area contributed by atoms with Crippen LogP contribution >= 0.6 is 11.3 Å². The highest BCUT2D eigenvalue weighted by Crippen LogP contribution is 2.31. The summed E-state index contributed by atoms with van der Waals surface area (Å²) in [6.45, 7) is 5.21. The largest absolute Gasteiger partial charge is 0.417 e. The van der Waals surface area contributed by atoms with E-state index in [4.69, 9.17) is 4.74 Å². The number of hydrogen-bond donors (Lipinski definition) is 0. The van der Waals surface area contributed by atoms with Crippen LogP contribution in [-0.2, 0) is 13.1 Å². The van der Waals surface area contributed by atoms with E-state index in [2.05, 4.69) is 30.1 Å². The average molecular weight is 324 g/mol. The van der Waals surface area contributed by atoms with Crippen LogP contribution in [-0.4, -0.2) is 16.0 Å². The summed E-state index contributed by atoms with van der Waals surface area (Å²) < 4.78 is 5.48. The van der Waals surface area contributed by atoms with Crippen LogP contribution in [0.4, 0.5) is 4.79 Å². The third kappa shape index (κ3) is 2.47. The summed E-state index contributed by atoms with van der Waals surface area (Å²) in [5.74, 6) is 0.443. The first-order valence-electron chi connectivity index (χ1n) is 7.51. The van der Waals surface area contributed by atoms with Gasteiger partial charge in [0.1, 0.15) is 0 Å². The van der Waals surface area contributed by atoms with Gasteiger partial charge in [0, 0.05) is 15.8 Å². The van der Waals surface area contributed by atoms with Crippen molar-refractivity contribution in [3.8, 4) is 5.88 Å². The summed E-state index contributed by atoms with van der Waals surface area (Å²) in [5, 5.41) is 3.10. The molecule has 0 N–H and O–H groups in total. The molecule has 1 aliphatic heterocycles. The number of thiophene rings is 1. The smallest absolute Gasteiger partial charge is 0.391 e. The minimum atomic E-state index is -0.331. The van der Waals surface area contributed by atoms with Crippen molar-refractivity contribution in [2.45, 2.75) is 26.9 Å². The molecule has 1 aromatic carbocycles. The number of carbonyl (C=O) groups is 1. The van der Waals surface area contributed by atoms with Crippen LogP contribution in [0.5, 0.6) is 5.88 Å². The molecule has 0 unspecified atom stereocenters. The van der Waals surface area contributed by atoms with Crippen LogP contribution in [0.1, 0.15) is 21.6 Å². The zero-order valence-electron chi connectivity index (χ0n) is 13.0. The van der Waals surface area contributed by atoms with Gasteiger partial charge < -0.3 is 4.74 Å². The number of nitrogens with zero attached hydrogens (tertiary/aromatic N) is 2. The highest BCUT2D eigenvalue weighted by molar-refractivity contribution is 7.09. The Bertz CT molecular complexity index is 903. The van der Waals surface area contributed by atoms with Crippen molar-refractivity contribution < 1.29 is 9.53 Å². The molecule has 0 fully saturated rings. The molecule has 116 valence electrons. The highest BCUT2D eigenvalue weighted by Gasteiger charge is 2.27. The van der Waals surface area contributed by atoms with E-state index in [9.17, 15) is 4.79 Å². The Hall–Kier alpha value is -2.40. The molecule has 0 atom stereocenters. The van der Waals surface area contributed by atoms with Gasteiger partial charge in [-0.2, -0.15) is 0 Å². The topological polar surface area (TPSA) is 42.4 Å². The van der Waals surface area contributed by atoms with Crippen LogP contribution in [0.2, 0.25) is 0 Å². The maximum absolute atomic E-state index is 12.2. The zero-order chi connectivity index (χ0) is 16.0. The van der Waals surface area contributed by atoms with Gasteiger partial charge in [-0.1, -0.05) is 18.2 Å². The first kappa shape index (κ1) is 14.2. The van der Waals surface area contributed by atoms with Crippen molar-refractivity contribution in [1.29, 1.82) is 0 Å². The number of aromatic nitrogens is 1. The summed E-state index contributed by atoms with van der Waals surface area (Å²) in [6.07, 6.45) is -0.331. The number of pyridine rings is 1. The fraction of sp³-hybridized carbons (Fsp3) is 0.222. The van der Waals surface area contributed by atoms with Crippen molar-refractivity contribution in [2.24, 2.45) is 0 Å². The quantitative estimate of drug-likeness (QED) is 0.700. The molecule has 1 aliphatic rings. The lowest BCUT2D eigenvalue weighted by Gasteiger charge is -2.27. The molecule has 23 heavy (non-hydrogen) atoms. The van der Waals surface area contributed by atoms with E-state index in [0.29, 0.717) is 19.0 Å². The Morgan fingerprint density at radius 3 is 2.96 bits per heavy atom. The zero-order valence-corrected chi connectivity index (χ0v) is 13.8. The number of aryl methyl sites for hydroxylation is 2. The lowest BCUT2D eigenvalue weighted by Crippen LogP contribution is -2.36. The molecule has 0 saturated heterocycles. The standard InChI is InChI=1S/C18H16N2O2S/c1-11-5-6-13-8-14-9-20(10-15-4-3-7-23-15)18(21)22-17(14)19-16(13)12(11)2/h3-8H,9-10H2,1-2H3. The SMILES string of the molecule is Cc1ccc2cc3c(nc2c1C)OC(=O)N(Cc1cccs1)C3. The number of benzene rings is 1. The number of amides is 1. The summed E-state index contributed by atoms with van der Waals surface area (Å²) in [5.41, 5.74) is 4.17. The summed E-state index contributed by atoms with van der Waals surface area (Å²) in [4.78, 5) is 19.7. The molecule has 3 heterocycles. The Kier molecular flexibility index (Phi) is 3.31. The van der Waals surface area contributed by atoms with E-state index < -0.39 is 0 Å². The second-order valence-corrected chi connectivity index (χ2v) is 6.87. The van der Waals surface area contributed by atoms with Crippen molar-refractivity contribution >= 4 is 28.3 Å². The van der Waals surface area contributed by atoms with E-state index in [1.54, 1.807) is 16.2 Å². The summed E-state index contributed by atoms with van der Waals surface area (Å²) in [6, 6.07) is 10.3. The van der Waals surface area contributed by atoms with Gasteiger partial charge in [0.15, 0.2) is 0 Å². The normalized spacial score (nSPS) is 14.0. The molecular weight excluding hydrogens is 308 g/mol. The van der Waals surface area contributed by atoms with Crippen LogP contribution in [0.25, 0.3) is 10.9 Å². The number of rotatable bonds is 2. The van der Waals surface area contributed by atoms with Gasteiger partial charge >= 0.3 is 6.09 Å². The molecule has 0 spiro atoms. The van der Waals surface area contributed by atoms with Crippen molar-refractivity contribution in [2.75, 3.05) is 0 Å². The number of hydrogen-bond acceptors (Lipinski definition) is 4. The minimum absolute atomic E-state index is 0.331. The predicted octanol–water partition coefficient (Wildman–Crippen LogP) is 4.43. The van der Waals surface area contributed by atoms with Crippen LogP contribution < -0.4 is 4.74 Å². The van der Waals surface area contributed by atoms with E-state index in [1.165, 1.54) is 5.56 Å². The maximum Gasteiger partial charge on any atom is 0.417 e. The Labute approximate surface area is 138 Å². The van der Waals surface area contributed by atoms with Gasteiger partial charge in [0.05, 0.1) is 18.6 Å². The molecule has 2 aromatic heterocycles. The first-order chi connectivity index (χ1) is 11.1. The lowest BCUT2D eigenvalue weighted by atomic mass is 10.0. The second kappa shape index (κ2) is 5.35. The molecule has 4 nitrogen and oxygen atoms in total. The van der Waals surface area contributed by atoms with Crippen molar-refractivity contribution in [1.82, 2.24) is 9.88 Å². The lowest BCUT2D eigenvalue weighted by molar-refractivity contribution is 0.133. The third-order valence-electron chi connectivity index (χ3n) is 4.28. The molecule has 0 bridgehead atoms. The van der Waals surface area contributed by atoms with E-state index in [1.807, 2.05) is 24.4 Å². The van der Waals surface area contributed by atoms with Gasteiger partial charge in [-0.05, 0) is 42.5 Å². The second-order valence-electron chi connectivity index (χ2n) is 5.84. The van der Waals surface area contributed by atoms with Gasteiger partial charge in [0.25, 0.3) is 0 Å². The van der Waals surface area contributed by atoms with E-state index in [0.717, 1.165) is 26.9 Å². The predicted molar refractivity (Wildman–Crippen MR) is 90.8 cm³/mol. The van der Waals surface area contributed by atoms with Crippen molar-refractivity contribution in [3.05, 3.63) is 57.3 Å².